The fourth-order valence-corrected chi connectivity index (χ4v) is 6.46. The van der Waals surface area contributed by atoms with Gasteiger partial charge in [-0.1, -0.05) is 23.7 Å². The molecule has 1 aliphatic heterocycles. The van der Waals surface area contributed by atoms with E-state index in [1.54, 1.807) is 32.9 Å². The van der Waals surface area contributed by atoms with Gasteiger partial charge in [-0.15, -0.1) is 0 Å². The minimum absolute atomic E-state index is 0.0178. The van der Waals surface area contributed by atoms with Crippen LogP contribution in [0.2, 0.25) is 5.02 Å². The van der Waals surface area contributed by atoms with Gasteiger partial charge in [0.15, 0.2) is 6.61 Å². The molecule has 54 heavy (non-hydrogen) atoms. The van der Waals surface area contributed by atoms with Gasteiger partial charge < -0.3 is 30.3 Å². The Morgan fingerprint density at radius 2 is 1.57 bits per heavy atom. The van der Waals surface area contributed by atoms with Crippen LogP contribution in [0, 0.1) is 5.92 Å². The molecule has 0 radical (unpaired) electrons. The molecule has 0 unspecified atom stereocenters. The predicted octanol–water partition coefficient (Wildman–Crippen LogP) is 5.13. The summed E-state index contributed by atoms with van der Waals surface area (Å²) >= 11 is 6.02. The first-order chi connectivity index (χ1) is 25.3. The topological polar surface area (TPSA) is 194 Å². The summed E-state index contributed by atoms with van der Waals surface area (Å²) in [4.78, 5) is 51.4. The van der Waals surface area contributed by atoms with E-state index in [0.717, 1.165) is 5.56 Å². The first-order valence-electron chi connectivity index (χ1n) is 17.0. The highest BCUT2D eigenvalue weighted by Crippen LogP contribution is 2.48. The minimum atomic E-state index is -4.64. The number of hydrogen-bond donors (Lipinski definition) is 4. The molecule has 15 nitrogen and oxygen atoms in total. The number of aromatic nitrogens is 3. The average Bonchev–Trinajstić information content (AvgIpc) is 3.86. The van der Waals surface area contributed by atoms with E-state index in [0.29, 0.717) is 49.5 Å². The van der Waals surface area contributed by atoms with Gasteiger partial charge in [-0.25, -0.2) is 17.9 Å². The van der Waals surface area contributed by atoms with Crippen molar-refractivity contribution < 1.29 is 45.4 Å². The molecule has 4 N–H and O–H groups in total. The van der Waals surface area contributed by atoms with Crippen molar-refractivity contribution in [3.05, 3.63) is 64.7 Å². The van der Waals surface area contributed by atoms with Gasteiger partial charge in [-0.3, -0.25) is 9.59 Å². The van der Waals surface area contributed by atoms with E-state index < -0.39 is 63.6 Å². The fraction of sp³-hybridized carbons (Fsp3) is 0.471. The molecule has 5 rings (SSSR count). The van der Waals surface area contributed by atoms with Crippen molar-refractivity contribution in [2.75, 3.05) is 42.6 Å². The van der Waals surface area contributed by atoms with Gasteiger partial charge >= 0.3 is 18.3 Å². The molecule has 1 aromatic heterocycles. The maximum atomic E-state index is 12.9. The lowest BCUT2D eigenvalue weighted by atomic mass is 9.96. The van der Waals surface area contributed by atoms with Gasteiger partial charge in [0.05, 0.1) is 11.3 Å². The Bertz CT molecular complexity index is 1930. The Labute approximate surface area is 314 Å². The van der Waals surface area contributed by atoms with E-state index in [1.807, 2.05) is 16.9 Å². The number of anilines is 3. The van der Waals surface area contributed by atoms with Crippen molar-refractivity contribution in [1.29, 1.82) is 0 Å². The molecule has 20 heteroatoms. The Hall–Kier alpha value is -4.91. The summed E-state index contributed by atoms with van der Waals surface area (Å²) in [6, 6.07) is 12.0. The molecule has 0 atom stereocenters. The second-order valence-corrected chi connectivity index (χ2v) is 16.1. The number of alkyl halides is 3. The lowest BCUT2D eigenvalue weighted by Crippen LogP contribution is -2.45. The number of nitrogens with zero attached hydrogens (tertiary/aromatic N) is 4. The predicted molar refractivity (Wildman–Crippen MR) is 192 cm³/mol. The van der Waals surface area contributed by atoms with Gasteiger partial charge in [-0.2, -0.15) is 28.1 Å². The molecule has 1 saturated carbocycles. The number of amides is 3. The molecule has 2 fully saturated rings. The summed E-state index contributed by atoms with van der Waals surface area (Å²) in [6.07, 6.45) is -2.91. The number of benzene rings is 2. The van der Waals surface area contributed by atoms with E-state index in [2.05, 4.69) is 30.9 Å². The quantitative estimate of drug-likeness (QED) is 0.178. The van der Waals surface area contributed by atoms with Crippen LogP contribution in [0.3, 0.4) is 0 Å². The normalized spacial score (nSPS) is 15.9. The second-order valence-electron chi connectivity index (χ2n) is 13.9. The maximum absolute atomic E-state index is 12.9. The van der Waals surface area contributed by atoms with Crippen LogP contribution in [0.15, 0.2) is 48.5 Å². The zero-order chi connectivity index (χ0) is 39.3. The van der Waals surface area contributed by atoms with Crippen molar-refractivity contribution in [2.24, 2.45) is 5.92 Å². The number of ether oxygens (including phenoxy) is 2. The molecule has 1 aliphatic carbocycles. The third-order valence-electron chi connectivity index (χ3n) is 8.32. The zero-order valence-electron chi connectivity index (χ0n) is 29.6. The number of sulfonamides is 1. The number of carbonyl (C=O) groups is 3. The van der Waals surface area contributed by atoms with E-state index in [4.69, 9.17) is 21.1 Å². The van der Waals surface area contributed by atoms with Gasteiger partial charge in [0.1, 0.15) is 5.60 Å². The zero-order valence-corrected chi connectivity index (χ0v) is 31.2. The minimum Gasteiger partial charge on any atom is -0.454 e. The maximum Gasteiger partial charge on any atom is 0.422 e. The van der Waals surface area contributed by atoms with Crippen molar-refractivity contribution in [3.63, 3.8) is 0 Å². The number of likely N-dealkylation sites (tertiary alicyclic amines) is 1. The van der Waals surface area contributed by atoms with E-state index >= 15 is 0 Å². The number of halogens is 4. The SMILES string of the molecule is CC(C)(C)OC(=O)N1CCC(C(=O)NCCS(=O)(=O)NC(=O)c2ccc(Nc3nc(NC4(c5ccc(Cl)cc5)CC4)nc(OCC(F)(F)F)n3)cc2)CC1. The molecule has 3 amide bonds. The van der Waals surface area contributed by atoms with Crippen LogP contribution in [-0.2, 0) is 25.1 Å². The molecule has 2 heterocycles. The highest BCUT2D eigenvalue weighted by molar-refractivity contribution is 7.90. The van der Waals surface area contributed by atoms with Crippen LogP contribution in [0.1, 0.15) is 62.4 Å². The molecule has 2 aromatic carbocycles. The van der Waals surface area contributed by atoms with E-state index in [-0.39, 0.29) is 29.9 Å². The highest BCUT2D eigenvalue weighted by atomic mass is 35.5. The Morgan fingerprint density at radius 1 is 0.944 bits per heavy atom. The van der Waals surface area contributed by atoms with E-state index in [1.165, 1.54) is 29.2 Å². The number of rotatable bonds is 13. The lowest BCUT2D eigenvalue weighted by molar-refractivity contribution is -0.154. The summed E-state index contributed by atoms with van der Waals surface area (Å²) in [5.41, 5.74) is -0.0238. The Morgan fingerprint density at radius 3 is 2.17 bits per heavy atom. The van der Waals surface area contributed by atoms with Crippen LogP contribution in [0.4, 0.5) is 35.5 Å². The van der Waals surface area contributed by atoms with Crippen LogP contribution in [0.5, 0.6) is 6.01 Å². The molecule has 292 valence electrons. The van der Waals surface area contributed by atoms with Crippen molar-refractivity contribution in [1.82, 2.24) is 29.9 Å². The number of hydrogen-bond acceptors (Lipinski definition) is 12. The van der Waals surface area contributed by atoms with Crippen molar-refractivity contribution in [2.45, 2.75) is 63.8 Å². The summed E-state index contributed by atoms with van der Waals surface area (Å²) in [5.74, 6) is -2.44. The first-order valence-corrected chi connectivity index (χ1v) is 19.0. The van der Waals surface area contributed by atoms with Crippen LogP contribution < -0.4 is 25.4 Å². The Kier molecular flexibility index (Phi) is 12.1. The van der Waals surface area contributed by atoms with Crippen molar-refractivity contribution >= 4 is 57.1 Å². The van der Waals surface area contributed by atoms with Gasteiger partial charge in [-0.05, 0) is 88.4 Å². The van der Waals surface area contributed by atoms with Crippen LogP contribution in [0.25, 0.3) is 0 Å². The van der Waals surface area contributed by atoms with Crippen molar-refractivity contribution in [3.8, 4) is 6.01 Å². The summed E-state index contributed by atoms with van der Waals surface area (Å²) in [5, 5.41) is 9.13. The number of nitrogens with one attached hydrogen (secondary N) is 4. The molecule has 2 aliphatic rings. The smallest absolute Gasteiger partial charge is 0.422 e. The van der Waals surface area contributed by atoms with Gasteiger partial charge in [0, 0.05) is 41.8 Å². The molecule has 3 aromatic rings. The monoisotopic (exact) mass is 796 g/mol. The lowest BCUT2D eigenvalue weighted by Gasteiger charge is -2.32. The second kappa shape index (κ2) is 16.2. The number of piperidine rings is 1. The fourth-order valence-electron chi connectivity index (χ4n) is 5.46. The summed E-state index contributed by atoms with van der Waals surface area (Å²) < 4.78 is 76.2. The van der Waals surface area contributed by atoms with Gasteiger partial charge in [0.25, 0.3) is 5.91 Å². The number of carbonyl (C=O) groups excluding carboxylic acids is 3. The van der Waals surface area contributed by atoms with Crippen LogP contribution in [-0.4, -0.2) is 89.9 Å². The molecule has 1 saturated heterocycles. The molecular weight excluding hydrogens is 757 g/mol. The molecule has 0 bridgehead atoms. The first kappa shape index (κ1) is 40.3. The standard InChI is InChI=1S/C34H40ClF3N8O7S/c1-32(2,3)53-31(49)46-17-12-22(13-18-46)26(47)39-16-19-54(50,51)45-27(48)21-4-10-25(11-5-21)40-28-41-29(43-30(42-28)52-20-34(36,37)38)44-33(14-15-33)23-6-8-24(35)9-7-23/h4-11,22H,12-20H2,1-3H3,(H,39,47)(H,45,48)(H2,40,41,42,43,44). The summed E-state index contributed by atoms with van der Waals surface area (Å²) in [6.45, 7) is 4.07. The third kappa shape index (κ3) is 11.8. The van der Waals surface area contributed by atoms with Gasteiger partial charge in [0.2, 0.25) is 27.8 Å². The van der Waals surface area contributed by atoms with Crippen LogP contribution >= 0.6 is 11.6 Å². The third-order valence-corrected chi connectivity index (χ3v) is 9.81. The molecular formula is C34H40ClF3N8O7S. The van der Waals surface area contributed by atoms with E-state index in [9.17, 15) is 36.0 Å². The average molecular weight is 797 g/mol. The highest BCUT2D eigenvalue weighted by Gasteiger charge is 2.45. The molecule has 0 spiro atoms. The largest absolute Gasteiger partial charge is 0.454 e. The Balaban J connectivity index is 1.14. The summed E-state index contributed by atoms with van der Waals surface area (Å²) in [7, 11) is -4.14.